The Hall–Kier alpha value is -0.290. The van der Waals surface area contributed by atoms with Crippen molar-refractivity contribution in [1.82, 2.24) is 5.32 Å². The molecule has 0 aromatic carbocycles. The second kappa shape index (κ2) is 3.94. The maximum Gasteiger partial charge on any atom is 0.394 e. The standard InChI is InChI=1S/C10H16F3NO/c11-10(12,13)8-4-6-2-1-3-7(14-6)5-9(8)15/h6-9,14-15H,1-5H2. The summed E-state index contributed by atoms with van der Waals surface area (Å²) in [5, 5.41) is 12.8. The van der Waals surface area contributed by atoms with E-state index in [4.69, 9.17) is 0 Å². The number of hydrogen-bond donors (Lipinski definition) is 2. The van der Waals surface area contributed by atoms with Crippen molar-refractivity contribution in [3.8, 4) is 0 Å². The molecular formula is C10H16F3NO. The maximum absolute atomic E-state index is 12.6. The Labute approximate surface area is 86.9 Å². The lowest BCUT2D eigenvalue weighted by Gasteiger charge is -2.28. The van der Waals surface area contributed by atoms with E-state index in [1.54, 1.807) is 0 Å². The van der Waals surface area contributed by atoms with Crippen LogP contribution in [-0.4, -0.2) is 29.5 Å². The van der Waals surface area contributed by atoms with Crippen LogP contribution in [0, 0.1) is 5.92 Å². The van der Waals surface area contributed by atoms with Gasteiger partial charge in [-0.1, -0.05) is 6.42 Å². The molecule has 2 aliphatic rings. The first-order valence-corrected chi connectivity index (χ1v) is 5.47. The van der Waals surface area contributed by atoms with Gasteiger partial charge in [-0.3, -0.25) is 0 Å². The fourth-order valence-electron chi connectivity index (χ4n) is 2.75. The van der Waals surface area contributed by atoms with Crippen LogP contribution in [0.5, 0.6) is 0 Å². The van der Waals surface area contributed by atoms with Gasteiger partial charge in [0.2, 0.25) is 0 Å². The number of rotatable bonds is 0. The van der Waals surface area contributed by atoms with Crippen molar-refractivity contribution < 1.29 is 18.3 Å². The van der Waals surface area contributed by atoms with Gasteiger partial charge in [-0.25, -0.2) is 0 Å². The molecule has 4 unspecified atom stereocenters. The molecule has 0 aromatic heterocycles. The molecule has 2 nitrogen and oxygen atoms in total. The lowest BCUT2D eigenvalue weighted by atomic mass is 9.93. The van der Waals surface area contributed by atoms with Crippen LogP contribution in [0.1, 0.15) is 32.1 Å². The summed E-state index contributed by atoms with van der Waals surface area (Å²) in [5.41, 5.74) is 0. The van der Waals surface area contributed by atoms with Gasteiger partial charge in [0, 0.05) is 12.1 Å². The number of hydrogen-bond acceptors (Lipinski definition) is 2. The number of aliphatic hydroxyl groups is 1. The van der Waals surface area contributed by atoms with Gasteiger partial charge in [0.1, 0.15) is 0 Å². The quantitative estimate of drug-likeness (QED) is 0.656. The highest BCUT2D eigenvalue weighted by atomic mass is 19.4. The number of halogens is 3. The van der Waals surface area contributed by atoms with Gasteiger partial charge in [0.05, 0.1) is 12.0 Å². The first-order valence-electron chi connectivity index (χ1n) is 5.47. The lowest BCUT2D eigenvalue weighted by Crippen LogP contribution is -2.41. The van der Waals surface area contributed by atoms with Crippen LogP contribution in [0.3, 0.4) is 0 Å². The molecule has 0 spiro atoms. The zero-order valence-corrected chi connectivity index (χ0v) is 8.43. The Morgan fingerprint density at radius 2 is 1.67 bits per heavy atom. The van der Waals surface area contributed by atoms with Crippen molar-refractivity contribution in [1.29, 1.82) is 0 Å². The molecule has 15 heavy (non-hydrogen) atoms. The maximum atomic E-state index is 12.6. The van der Waals surface area contributed by atoms with E-state index in [-0.39, 0.29) is 24.9 Å². The van der Waals surface area contributed by atoms with Crippen LogP contribution in [0.25, 0.3) is 0 Å². The highest BCUT2D eigenvalue weighted by Crippen LogP contribution is 2.38. The summed E-state index contributed by atoms with van der Waals surface area (Å²) in [6.45, 7) is 0. The number of nitrogens with one attached hydrogen (secondary N) is 1. The largest absolute Gasteiger partial charge is 0.394 e. The van der Waals surface area contributed by atoms with Crippen molar-refractivity contribution in [2.24, 2.45) is 5.92 Å². The molecule has 2 bridgehead atoms. The second-order valence-corrected chi connectivity index (χ2v) is 4.68. The zero-order valence-electron chi connectivity index (χ0n) is 8.43. The van der Waals surface area contributed by atoms with Gasteiger partial charge in [0.25, 0.3) is 0 Å². The van der Waals surface area contributed by atoms with Crippen molar-refractivity contribution >= 4 is 0 Å². The van der Waals surface area contributed by atoms with E-state index in [2.05, 4.69) is 5.32 Å². The zero-order chi connectivity index (χ0) is 11.1. The molecule has 0 amide bonds. The summed E-state index contributed by atoms with van der Waals surface area (Å²) in [6, 6.07) is 0.0126. The molecule has 0 saturated carbocycles. The number of fused-ring (bicyclic) bond motifs is 2. The van der Waals surface area contributed by atoms with E-state index < -0.39 is 18.2 Å². The molecule has 2 aliphatic heterocycles. The van der Waals surface area contributed by atoms with Crippen molar-refractivity contribution in [3.63, 3.8) is 0 Å². The summed E-state index contributed by atoms with van der Waals surface area (Å²) in [6.07, 6.45) is -2.57. The molecule has 88 valence electrons. The lowest BCUT2D eigenvalue weighted by molar-refractivity contribution is -0.201. The van der Waals surface area contributed by atoms with Crippen LogP contribution < -0.4 is 5.32 Å². The molecule has 5 heteroatoms. The fraction of sp³-hybridized carbons (Fsp3) is 1.00. The molecule has 2 rings (SSSR count). The molecule has 2 saturated heterocycles. The summed E-state index contributed by atoms with van der Waals surface area (Å²) >= 11 is 0. The van der Waals surface area contributed by atoms with Crippen LogP contribution in [0.15, 0.2) is 0 Å². The minimum Gasteiger partial charge on any atom is -0.392 e. The molecular weight excluding hydrogens is 207 g/mol. The van der Waals surface area contributed by atoms with E-state index in [1.807, 2.05) is 0 Å². The van der Waals surface area contributed by atoms with Gasteiger partial charge < -0.3 is 10.4 Å². The van der Waals surface area contributed by atoms with Crippen LogP contribution in [0.2, 0.25) is 0 Å². The molecule has 2 N–H and O–H groups in total. The summed E-state index contributed by atoms with van der Waals surface area (Å²) < 4.78 is 37.9. The van der Waals surface area contributed by atoms with E-state index in [0.29, 0.717) is 0 Å². The van der Waals surface area contributed by atoms with E-state index >= 15 is 0 Å². The first-order chi connectivity index (χ1) is 6.97. The van der Waals surface area contributed by atoms with Crippen LogP contribution in [0.4, 0.5) is 13.2 Å². The van der Waals surface area contributed by atoms with Crippen molar-refractivity contribution in [2.45, 2.75) is 56.5 Å². The Bertz CT molecular complexity index is 231. The minimum absolute atomic E-state index is 0.0289. The minimum atomic E-state index is -4.27. The average Bonchev–Trinajstić information content (AvgIpc) is 2.22. The fourth-order valence-corrected chi connectivity index (χ4v) is 2.75. The van der Waals surface area contributed by atoms with Crippen LogP contribution in [-0.2, 0) is 0 Å². The Morgan fingerprint density at radius 3 is 2.27 bits per heavy atom. The van der Waals surface area contributed by atoms with Gasteiger partial charge in [0.15, 0.2) is 0 Å². The molecule has 0 radical (unpaired) electrons. The van der Waals surface area contributed by atoms with Gasteiger partial charge in [-0.15, -0.1) is 0 Å². The predicted molar refractivity (Wildman–Crippen MR) is 49.3 cm³/mol. The molecule has 0 aliphatic carbocycles. The Morgan fingerprint density at radius 1 is 1.07 bits per heavy atom. The smallest absolute Gasteiger partial charge is 0.392 e. The highest BCUT2D eigenvalue weighted by molar-refractivity contribution is 4.92. The summed E-state index contributed by atoms with van der Waals surface area (Å²) in [4.78, 5) is 0. The predicted octanol–water partition coefficient (Wildman–Crippen LogP) is 1.83. The van der Waals surface area contributed by atoms with Crippen molar-refractivity contribution in [3.05, 3.63) is 0 Å². The molecule has 2 heterocycles. The number of piperidine rings is 1. The van der Waals surface area contributed by atoms with E-state index in [9.17, 15) is 18.3 Å². The van der Waals surface area contributed by atoms with Crippen LogP contribution >= 0.6 is 0 Å². The third kappa shape index (κ3) is 2.45. The van der Waals surface area contributed by atoms with Gasteiger partial charge in [-0.05, 0) is 25.7 Å². The number of alkyl halides is 3. The monoisotopic (exact) mass is 223 g/mol. The third-order valence-corrected chi connectivity index (χ3v) is 3.53. The number of aliphatic hydroxyl groups excluding tert-OH is 1. The topological polar surface area (TPSA) is 32.3 Å². The van der Waals surface area contributed by atoms with Gasteiger partial charge in [-0.2, -0.15) is 13.2 Å². The first kappa shape index (κ1) is 11.2. The average molecular weight is 223 g/mol. The molecule has 2 fully saturated rings. The summed E-state index contributed by atoms with van der Waals surface area (Å²) in [5.74, 6) is -1.54. The molecule has 4 atom stereocenters. The SMILES string of the molecule is OC1CC2CCCC(CC1C(F)(F)F)N2. The highest BCUT2D eigenvalue weighted by Gasteiger charge is 2.47. The third-order valence-electron chi connectivity index (χ3n) is 3.53. The second-order valence-electron chi connectivity index (χ2n) is 4.68. The normalized spacial score (nSPS) is 42.4. The van der Waals surface area contributed by atoms with E-state index in [1.165, 1.54) is 0 Å². The Balaban J connectivity index is 2.12. The van der Waals surface area contributed by atoms with Gasteiger partial charge >= 0.3 is 6.18 Å². The van der Waals surface area contributed by atoms with E-state index in [0.717, 1.165) is 19.3 Å². The van der Waals surface area contributed by atoms with Crippen molar-refractivity contribution in [2.75, 3.05) is 0 Å². The summed E-state index contributed by atoms with van der Waals surface area (Å²) in [7, 11) is 0. The molecule has 0 aromatic rings. The Kier molecular flexibility index (Phi) is 2.94.